The summed E-state index contributed by atoms with van der Waals surface area (Å²) in [6, 6.07) is 20.3. The molecule has 0 unspecified atom stereocenters. The van der Waals surface area contributed by atoms with Gasteiger partial charge in [-0.1, -0.05) is 56.3 Å². The van der Waals surface area contributed by atoms with E-state index in [-0.39, 0.29) is 5.69 Å². The van der Waals surface area contributed by atoms with E-state index in [0.29, 0.717) is 11.7 Å². The predicted octanol–water partition coefficient (Wildman–Crippen LogP) is 6.68. The first-order chi connectivity index (χ1) is 13.1. The number of pyridine rings is 1. The van der Waals surface area contributed by atoms with Crippen molar-refractivity contribution in [3.63, 3.8) is 0 Å². The number of aromatic nitrogens is 2. The Hall–Kier alpha value is -3.34. The molecule has 0 aliphatic rings. The Morgan fingerprint density at radius 2 is 1.63 bits per heavy atom. The maximum absolute atomic E-state index is 13.9. The van der Waals surface area contributed by atoms with Crippen LogP contribution in [-0.2, 0) is 0 Å². The van der Waals surface area contributed by atoms with E-state index in [0.717, 1.165) is 16.9 Å². The smallest absolute Gasteiger partial charge is 0.187 e. The average Bonchev–Trinajstić information content (AvgIpc) is 3.06. The maximum atomic E-state index is 13.9. The van der Waals surface area contributed by atoms with Crippen LogP contribution in [0.2, 0.25) is 0 Å². The standard InChI is InChI=1S/C22H19FN4/c1-15(2)16-10-12-17(13-11-16)21-22(27-14-6-5-9-20(27)24-21)26-25-19-8-4-3-7-18(19)23/h3-15H,1-2H3. The van der Waals surface area contributed by atoms with Gasteiger partial charge in [0.25, 0.3) is 0 Å². The molecule has 2 aromatic carbocycles. The van der Waals surface area contributed by atoms with Gasteiger partial charge in [-0.05, 0) is 35.7 Å². The van der Waals surface area contributed by atoms with Crippen molar-refractivity contribution in [1.82, 2.24) is 9.38 Å². The van der Waals surface area contributed by atoms with E-state index in [2.05, 4.69) is 36.2 Å². The molecule has 4 rings (SSSR count). The molecule has 0 fully saturated rings. The van der Waals surface area contributed by atoms with Crippen molar-refractivity contribution in [2.45, 2.75) is 19.8 Å². The number of azo groups is 1. The molecule has 2 aromatic heterocycles. The number of nitrogens with zero attached hydrogens (tertiary/aromatic N) is 4. The van der Waals surface area contributed by atoms with Crippen molar-refractivity contribution in [1.29, 1.82) is 0 Å². The van der Waals surface area contributed by atoms with Gasteiger partial charge in [0, 0.05) is 11.8 Å². The fourth-order valence-electron chi connectivity index (χ4n) is 2.93. The Balaban J connectivity index is 1.83. The molecule has 0 saturated carbocycles. The first-order valence-corrected chi connectivity index (χ1v) is 8.87. The van der Waals surface area contributed by atoms with Crippen LogP contribution in [0, 0.1) is 5.82 Å². The Bertz CT molecular complexity index is 1110. The van der Waals surface area contributed by atoms with Crippen molar-refractivity contribution >= 4 is 17.2 Å². The van der Waals surface area contributed by atoms with Gasteiger partial charge < -0.3 is 0 Å². The quantitative estimate of drug-likeness (QED) is 0.375. The van der Waals surface area contributed by atoms with E-state index < -0.39 is 5.82 Å². The van der Waals surface area contributed by atoms with Gasteiger partial charge in [0.1, 0.15) is 17.0 Å². The van der Waals surface area contributed by atoms with Crippen LogP contribution in [0.15, 0.2) is 83.2 Å². The second-order valence-electron chi connectivity index (χ2n) is 6.64. The van der Waals surface area contributed by atoms with Gasteiger partial charge in [0.2, 0.25) is 0 Å². The van der Waals surface area contributed by atoms with Gasteiger partial charge in [-0.15, -0.1) is 10.2 Å². The summed E-state index contributed by atoms with van der Waals surface area (Å²) in [5.74, 6) is 0.629. The molecule has 0 N–H and O–H groups in total. The minimum atomic E-state index is -0.405. The van der Waals surface area contributed by atoms with Crippen molar-refractivity contribution in [3.05, 3.63) is 84.3 Å². The number of hydrogen-bond donors (Lipinski definition) is 0. The van der Waals surface area contributed by atoms with Crippen LogP contribution in [0.25, 0.3) is 16.9 Å². The van der Waals surface area contributed by atoms with E-state index in [1.165, 1.54) is 11.6 Å². The van der Waals surface area contributed by atoms with E-state index in [1.807, 2.05) is 40.9 Å². The molecular formula is C22H19FN4. The molecule has 2 heterocycles. The summed E-state index contributed by atoms with van der Waals surface area (Å²) in [6.07, 6.45) is 1.88. The number of imidazole rings is 1. The van der Waals surface area contributed by atoms with Crippen LogP contribution < -0.4 is 0 Å². The second-order valence-corrected chi connectivity index (χ2v) is 6.64. The zero-order valence-electron chi connectivity index (χ0n) is 15.2. The number of benzene rings is 2. The highest BCUT2D eigenvalue weighted by atomic mass is 19.1. The summed E-state index contributed by atoms with van der Waals surface area (Å²) in [6.45, 7) is 4.32. The van der Waals surface area contributed by atoms with E-state index in [9.17, 15) is 4.39 Å². The van der Waals surface area contributed by atoms with E-state index in [4.69, 9.17) is 4.98 Å². The highest BCUT2D eigenvalue weighted by molar-refractivity contribution is 5.74. The highest BCUT2D eigenvalue weighted by Gasteiger charge is 2.14. The zero-order chi connectivity index (χ0) is 18.8. The van der Waals surface area contributed by atoms with Crippen LogP contribution in [0.3, 0.4) is 0 Å². The molecular weight excluding hydrogens is 339 g/mol. The molecule has 0 amide bonds. The molecule has 5 heteroatoms. The lowest BCUT2D eigenvalue weighted by Crippen LogP contribution is -1.87. The lowest BCUT2D eigenvalue weighted by Gasteiger charge is -2.06. The van der Waals surface area contributed by atoms with Crippen LogP contribution in [0.4, 0.5) is 15.9 Å². The lowest BCUT2D eigenvalue weighted by atomic mass is 10.0. The molecule has 4 nitrogen and oxygen atoms in total. The fraction of sp³-hybridized carbons (Fsp3) is 0.136. The number of rotatable bonds is 4. The molecule has 0 bridgehead atoms. The summed E-state index contributed by atoms with van der Waals surface area (Å²) in [5.41, 5.74) is 3.90. The molecule has 0 aliphatic carbocycles. The van der Waals surface area contributed by atoms with E-state index in [1.54, 1.807) is 18.2 Å². The van der Waals surface area contributed by atoms with Crippen LogP contribution in [0.5, 0.6) is 0 Å². The molecule has 27 heavy (non-hydrogen) atoms. The highest BCUT2D eigenvalue weighted by Crippen LogP contribution is 2.33. The Labute approximate surface area is 157 Å². The number of halogens is 1. The summed E-state index contributed by atoms with van der Waals surface area (Å²) >= 11 is 0. The minimum absolute atomic E-state index is 0.199. The van der Waals surface area contributed by atoms with Gasteiger partial charge in [-0.25, -0.2) is 9.37 Å². The van der Waals surface area contributed by atoms with Gasteiger partial charge in [0.15, 0.2) is 11.6 Å². The lowest BCUT2D eigenvalue weighted by molar-refractivity contribution is 0.628. The summed E-state index contributed by atoms with van der Waals surface area (Å²) in [5, 5.41) is 8.46. The SMILES string of the molecule is CC(C)c1ccc(-c2nc3ccccn3c2N=Nc2ccccc2F)cc1. The fourth-order valence-corrected chi connectivity index (χ4v) is 2.93. The summed E-state index contributed by atoms with van der Waals surface area (Å²) in [4.78, 5) is 4.71. The largest absolute Gasteiger partial charge is 0.283 e. The second kappa shape index (κ2) is 7.11. The number of hydrogen-bond acceptors (Lipinski definition) is 3. The molecule has 0 aliphatic heterocycles. The molecule has 134 valence electrons. The third-order valence-corrected chi connectivity index (χ3v) is 4.46. The van der Waals surface area contributed by atoms with Crippen molar-refractivity contribution < 1.29 is 4.39 Å². The van der Waals surface area contributed by atoms with Crippen LogP contribution in [-0.4, -0.2) is 9.38 Å². The zero-order valence-corrected chi connectivity index (χ0v) is 15.2. The maximum Gasteiger partial charge on any atom is 0.187 e. The van der Waals surface area contributed by atoms with Gasteiger partial charge in [-0.2, -0.15) is 0 Å². The molecule has 0 saturated heterocycles. The average molecular weight is 358 g/mol. The summed E-state index contributed by atoms with van der Waals surface area (Å²) in [7, 11) is 0. The number of fused-ring (bicyclic) bond motifs is 1. The van der Waals surface area contributed by atoms with Crippen molar-refractivity contribution in [3.8, 4) is 11.3 Å². The van der Waals surface area contributed by atoms with E-state index >= 15 is 0 Å². The van der Waals surface area contributed by atoms with Crippen LogP contribution >= 0.6 is 0 Å². The van der Waals surface area contributed by atoms with Gasteiger partial charge in [-0.3, -0.25) is 4.40 Å². The first kappa shape index (κ1) is 17.1. The topological polar surface area (TPSA) is 42.0 Å². The molecule has 4 aromatic rings. The Kier molecular flexibility index (Phi) is 4.50. The predicted molar refractivity (Wildman–Crippen MR) is 105 cm³/mol. The van der Waals surface area contributed by atoms with Gasteiger partial charge >= 0.3 is 0 Å². The molecule has 0 spiro atoms. The minimum Gasteiger partial charge on any atom is -0.283 e. The monoisotopic (exact) mass is 358 g/mol. The normalized spacial score (nSPS) is 11.7. The Morgan fingerprint density at radius 1 is 0.889 bits per heavy atom. The van der Waals surface area contributed by atoms with Gasteiger partial charge in [0.05, 0.1) is 0 Å². The third kappa shape index (κ3) is 3.36. The van der Waals surface area contributed by atoms with Crippen molar-refractivity contribution in [2.75, 3.05) is 0 Å². The first-order valence-electron chi connectivity index (χ1n) is 8.87. The van der Waals surface area contributed by atoms with Crippen molar-refractivity contribution in [2.24, 2.45) is 10.2 Å². The van der Waals surface area contributed by atoms with Crippen LogP contribution in [0.1, 0.15) is 25.3 Å². The Morgan fingerprint density at radius 3 is 2.37 bits per heavy atom. The molecule has 0 radical (unpaired) electrons. The molecule has 0 atom stereocenters. The summed E-state index contributed by atoms with van der Waals surface area (Å²) < 4.78 is 15.8. The third-order valence-electron chi connectivity index (χ3n) is 4.46.